The minimum atomic E-state index is -0.685. The number of halogens is 1. The zero-order chi connectivity index (χ0) is 25.4. The summed E-state index contributed by atoms with van der Waals surface area (Å²) < 4.78 is 25.4. The summed E-state index contributed by atoms with van der Waals surface area (Å²) in [6.45, 7) is 3.71. The molecule has 1 fully saturated rings. The Kier molecular flexibility index (Phi) is 9.63. The van der Waals surface area contributed by atoms with Gasteiger partial charge in [0.05, 0.1) is 18.3 Å². The fraction of sp³-hybridized carbons (Fsp3) is 0.464. The van der Waals surface area contributed by atoms with E-state index in [-0.39, 0.29) is 29.3 Å². The van der Waals surface area contributed by atoms with Gasteiger partial charge < -0.3 is 19.7 Å². The number of hydrogen-bond acceptors (Lipinski definition) is 6. The van der Waals surface area contributed by atoms with Crippen molar-refractivity contribution in [2.24, 2.45) is 5.92 Å². The van der Waals surface area contributed by atoms with Crippen LogP contribution in [0.5, 0.6) is 5.75 Å². The highest BCUT2D eigenvalue weighted by molar-refractivity contribution is 7.84. The van der Waals surface area contributed by atoms with Gasteiger partial charge in [-0.25, -0.2) is 9.18 Å². The normalized spacial score (nSPS) is 24.3. The zero-order valence-electron chi connectivity index (χ0n) is 20.3. The molecule has 0 amide bonds. The number of hydrogen-bond donors (Lipinski definition) is 3. The Labute approximate surface area is 212 Å². The van der Waals surface area contributed by atoms with Gasteiger partial charge in [0.25, 0.3) is 0 Å². The molecule has 1 aromatic rings. The summed E-state index contributed by atoms with van der Waals surface area (Å²) in [4.78, 5) is 12.8. The second-order valence-corrected chi connectivity index (χ2v) is 10.1. The number of aliphatic hydroxyl groups is 2. The topological polar surface area (TPSA) is 76.0 Å². The van der Waals surface area contributed by atoms with E-state index in [0.717, 1.165) is 42.2 Å². The number of rotatable bonds is 6. The average molecular weight is 503 g/mol. The molecule has 1 heterocycles. The fourth-order valence-electron chi connectivity index (χ4n) is 4.77. The van der Waals surface area contributed by atoms with Crippen LogP contribution in [-0.4, -0.2) is 34.0 Å². The Bertz CT molecular complexity index is 1010. The summed E-state index contributed by atoms with van der Waals surface area (Å²) in [5, 5.41) is 19.0. The lowest BCUT2D eigenvalue weighted by Gasteiger charge is -2.40. The van der Waals surface area contributed by atoms with Gasteiger partial charge in [0.15, 0.2) is 11.6 Å². The van der Waals surface area contributed by atoms with Crippen LogP contribution in [0.2, 0.25) is 0 Å². The van der Waals surface area contributed by atoms with E-state index < -0.39 is 17.7 Å². The molecule has 0 saturated heterocycles. The monoisotopic (exact) mass is 502 g/mol. The fourth-order valence-corrected chi connectivity index (χ4v) is 4.94. The summed E-state index contributed by atoms with van der Waals surface area (Å²) in [5.74, 6) is -0.281. The molecule has 1 saturated carbocycles. The third-order valence-corrected chi connectivity index (χ3v) is 6.70. The van der Waals surface area contributed by atoms with Gasteiger partial charge in [-0.05, 0) is 75.3 Å². The second-order valence-electron chi connectivity index (χ2n) is 9.54. The zero-order valence-corrected chi connectivity index (χ0v) is 21.2. The Hall–Kier alpha value is -2.51. The number of carbonyl (C=O) groups excluding carboxylic acids is 1. The van der Waals surface area contributed by atoms with Crippen molar-refractivity contribution in [3.8, 4) is 5.75 Å². The molecule has 7 heteroatoms. The van der Waals surface area contributed by atoms with E-state index >= 15 is 0 Å². The van der Waals surface area contributed by atoms with Crippen LogP contribution in [0.15, 0.2) is 65.3 Å². The van der Waals surface area contributed by atoms with Gasteiger partial charge in [0, 0.05) is 11.3 Å². The van der Waals surface area contributed by atoms with Gasteiger partial charge in [-0.3, -0.25) is 0 Å². The quantitative estimate of drug-likeness (QED) is 0.321. The lowest BCUT2D eigenvalue weighted by Crippen LogP contribution is -2.44. The van der Waals surface area contributed by atoms with E-state index in [2.05, 4.69) is 12.6 Å². The Morgan fingerprint density at radius 2 is 2.00 bits per heavy atom. The lowest BCUT2D eigenvalue weighted by molar-refractivity contribution is -0.165. The second kappa shape index (κ2) is 12.5. The number of benzene rings is 1. The maximum atomic E-state index is 14.2. The first kappa shape index (κ1) is 27.1. The van der Waals surface area contributed by atoms with E-state index in [0.29, 0.717) is 19.3 Å². The Morgan fingerprint density at radius 1 is 1.26 bits per heavy atom. The Morgan fingerprint density at radius 3 is 2.66 bits per heavy atom. The van der Waals surface area contributed by atoms with Crippen molar-refractivity contribution >= 4 is 18.6 Å². The maximum Gasteiger partial charge on any atom is 0.334 e. The highest BCUT2D eigenvalue weighted by atomic mass is 32.1. The third-order valence-electron chi connectivity index (χ3n) is 6.40. The Balaban J connectivity index is 0.000000320. The summed E-state index contributed by atoms with van der Waals surface area (Å²) in [5.41, 5.74) is 0.150. The molecule has 5 nitrogen and oxygen atoms in total. The van der Waals surface area contributed by atoms with Gasteiger partial charge >= 0.3 is 5.97 Å². The number of aliphatic hydroxyl groups excluding tert-OH is 2. The molecular formula is C28H35FO5S. The number of cyclic esters (lactones) is 1. The van der Waals surface area contributed by atoms with Crippen LogP contribution in [0.4, 0.5) is 4.39 Å². The average Bonchev–Trinajstić information content (AvgIpc) is 3.27. The van der Waals surface area contributed by atoms with Crippen LogP contribution in [0.3, 0.4) is 0 Å². The van der Waals surface area contributed by atoms with Gasteiger partial charge in [0.1, 0.15) is 11.4 Å². The van der Waals surface area contributed by atoms with Gasteiger partial charge in [-0.1, -0.05) is 37.1 Å². The molecule has 3 aliphatic rings. The summed E-state index contributed by atoms with van der Waals surface area (Å²) in [7, 11) is 0. The standard InChI is InChI=1S/C21H27FO4.C7H8OS/c1-14(2)25-19-8-7-15(11-18(19)22)9-10-21(16-5-3-4-6-16)13-17(23)12-20(24)26-21;8-6-2-1-3-7(9)5-4-6/h7-8,11-12,14,16,23H,3-6,9-10,13H2,1-2H3;1-6,8-9H. The van der Waals surface area contributed by atoms with Crippen molar-refractivity contribution in [2.45, 2.75) is 76.6 Å². The highest BCUT2D eigenvalue weighted by Gasteiger charge is 2.45. The number of aryl methyl sites for hydroxylation is 1. The minimum absolute atomic E-state index is 0.0833. The predicted octanol–water partition coefficient (Wildman–Crippen LogP) is 6.15. The predicted molar refractivity (Wildman–Crippen MR) is 138 cm³/mol. The lowest BCUT2D eigenvalue weighted by atomic mass is 9.77. The van der Waals surface area contributed by atoms with E-state index in [4.69, 9.17) is 14.6 Å². The van der Waals surface area contributed by atoms with E-state index in [1.54, 1.807) is 30.4 Å². The number of allylic oxidation sites excluding steroid dienone is 3. The number of thiol groups is 1. The van der Waals surface area contributed by atoms with Crippen molar-refractivity contribution < 1.29 is 28.9 Å². The van der Waals surface area contributed by atoms with Crippen molar-refractivity contribution in [3.63, 3.8) is 0 Å². The summed E-state index contributed by atoms with van der Waals surface area (Å²) in [6.07, 6.45) is 15.1. The van der Waals surface area contributed by atoms with Crippen LogP contribution in [-0.2, 0) is 16.0 Å². The summed E-state index contributed by atoms with van der Waals surface area (Å²) >= 11 is 4.08. The first-order valence-electron chi connectivity index (χ1n) is 12.2. The van der Waals surface area contributed by atoms with E-state index in [9.17, 15) is 14.3 Å². The number of ether oxygens (including phenoxy) is 2. The van der Waals surface area contributed by atoms with E-state index in [1.165, 1.54) is 6.07 Å². The van der Waals surface area contributed by atoms with Crippen LogP contribution in [0, 0.1) is 11.7 Å². The van der Waals surface area contributed by atoms with Gasteiger partial charge in [-0.2, -0.15) is 0 Å². The molecule has 0 spiro atoms. The van der Waals surface area contributed by atoms with E-state index in [1.807, 2.05) is 26.0 Å². The van der Waals surface area contributed by atoms with Crippen molar-refractivity contribution in [1.82, 2.24) is 0 Å². The molecule has 190 valence electrons. The molecule has 1 aliphatic heterocycles. The molecule has 2 unspecified atom stereocenters. The molecule has 1 aromatic carbocycles. The molecular weight excluding hydrogens is 467 g/mol. The van der Waals surface area contributed by atoms with Crippen molar-refractivity contribution in [2.75, 3.05) is 0 Å². The van der Waals surface area contributed by atoms with Crippen LogP contribution >= 0.6 is 12.6 Å². The maximum absolute atomic E-state index is 14.2. The molecule has 0 aromatic heterocycles. The van der Waals surface area contributed by atoms with Crippen molar-refractivity contribution in [1.29, 1.82) is 0 Å². The molecule has 35 heavy (non-hydrogen) atoms. The van der Waals surface area contributed by atoms with Crippen LogP contribution in [0.25, 0.3) is 0 Å². The first-order valence-corrected chi connectivity index (χ1v) is 12.6. The van der Waals surface area contributed by atoms with Gasteiger partial charge in [-0.15, -0.1) is 12.6 Å². The minimum Gasteiger partial charge on any atom is -0.512 e. The highest BCUT2D eigenvalue weighted by Crippen LogP contribution is 2.44. The van der Waals surface area contributed by atoms with Gasteiger partial charge in [0.2, 0.25) is 0 Å². The van der Waals surface area contributed by atoms with Crippen LogP contribution in [0.1, 0.15) is 57.9 Å². The molecule has 2 N–H and O–H groups in total. The molecule has 4 rings (SSSR count). The largest absolute Gasteiger partial charge is 0.512 e. The molecule has 0 radical (unpaired) electrons. The number of carbonyl (C=O) groups is 1. The molecule has 2 atom stereocenters. The number of esters is 1. The molecule has 0 bridgehead atoms. The SMILES string of the molecule is CC(C)Oc1ccc(CCC2(C3CCCC3)CC(O)=CC(=O)O2)cc1F.OC1C=CC=C(S)C=C1. The summed E-state index contributed by atoms with van der Waals surface area (Å²) in [6, 6.07) is 4.99. The smallest absolute Gasteiger partial charge is 0.334 e. The third kappa shape index (κ3) is 8.00. The first-order chi connectivity index (χ1) is 16.7. The van der Waals surface area contributed by atoms with Crippen molar-refractivity contribution in [3.05, 3.63) is 76.7 Å². The molecule has 2 aliphatic carbocycles. The van der Waals surface area contributed by atoms with Crippen LogP contribution < -0.4 is 4.74 Å².